The largest absolute Gasteiger partial charge is 0.438 e. The van der Waals surface area contributed by atoms with Gasteiger partial charge in [-0.1, -0.05) is 36.4 Å². The summed E-state index contributed by atoms with van der Waals surface area (Å²) in [5.74, 6) is -0.821. The number of nitrogens with one attached hydrogen (secondary N) is 3. The van der Waals surface area contributed by atoms with E-state index in [1.807, 2.05) is 18.2 Å². The molecule has 0 radical (unpaired) electrons. The van der Waals surface area contributed by atoms with E-state index in [1.54, 1.807) is 35.1 Å². The molecule has 3 N–H and O–H groups in total. The van der Waals surface area contributed by atoms with Crippen molar-refractivity contribution in [3.8, 4) is 22.8 Å². The van der Waals surface area contributed by atoms with Gasteiger partial charge >= 0.3 is 0 Å². The fourth-order valence-electron chi connectivity index (χ4n) is 7.36. The van der Waals surface area contributed by atoms with Crippen LogP contribution in [-0.2, 0) is 6.42 Å². The summed E-state index contributed by atoms with van der Waals surface area (Å²) in [7, 11) is 0. The van der Waals surface area contributed by atoms with Gasteiger partial charge in [0.05, 0.1) is 6.20 Å². The molecule has 0 spiro atoms. The molecule has 0 bridgehead atoms. The first-order valence-corrected chi connectivity index (χ1v) is 18.2. The monoisotopic (exact) mass is 704 g/mol. The first-order chi connectivity index (χ1) is 25.3. The Morgan fingerprint density at radius 1 is 0.885 bits per heavy atom. The lowest BCUT2D eigenvalue weighted by atomic mass is 9.91. The number of nitrogens with zero attached hydrogens (tertiary/aromatic N) is 5. The number of ether oxygens (including phenoxy) is 1. The van der Waals surface area contributed by atoms with Crippen LogP contribution in [0.5, 0.6) is 11.6 Å². The van der Waals surface area contributed by atoms with Crippen molar-refractivity contribution in [3.05, 3.63) is 108 Å². The highest BCUT2D eigenvalue weighted by molar-refractivity contribution is 5.96. The Bertz CT molecular complexity index is 1970. The van der Waals surface area contributed by atoms with Gasteiger partial charge in [-0.15, -0.1) is 0 Å². The number of amides is 2. The summed E-state index contributed by atoms with van der Waals surface area (Å²) < 4.78 is 22.0. The molecule has 3 aromatic heterocycles. The zero-order valence-electron chi connectivity index (χ0n) is 29.6. The average molecular weight is 705 g/mol. The van der Waals surface area contributed by atoms with Crippen LogP contribution >= 0.6 is 0 Å². The van der Waals surface area contributed by atoms with E-state index < -0.39 is 11.7 Å². The van der Waals surface area contributed by atoms with E-state index in [0.29, 0.717) is 54.9 Å². The Balaban J connectivity index is 0.922. The molecule has 270 valence electrons. The van der Waals surface area contributed by atoms with E-state index in [9.17, 15) is 14.0 Å². The van der Waals surface area contributed by atoms with Crippen molar-refractivity contribution < 1.29 is 18.7 Å². The summed E-state index contributed by atoms with van der Waals surface area (Å²) >= 11 is 0. The summed E-state index contributed by atoms with van der Waals surface area (Å²) in [5, 5.41) is 14.0. The maximum absolute atomic E-state index is 14.4. The number of rotatable bonds is 11. The maximum Gasteiger partial charge on any atom is 0.272 e. The van der Waals surface area contributed by atoms with E-state index >= 15 is 0 Å². The van der Waals surface area contributed by atoms with Crippen molar-refractivity contribution in [2.75, 3.05) is 19.6 Å². The minimum absolute atomic E-state index is 0.0235. The predicted molar refractivity (Wildman–Crippen MR) is 197 cm³/mol. The van der Waals surface area contributed by atoms with Crippen LogP contribution in [0.3, 0.4) is 0 Å². The number of piperazine rings is 1. The van der Waals surface area contributed by atoms with Gasteiger partial charge in [-0.05, 0) is 99.9 Å². The SMILES string of the molecule is C[C@@H]1CN(CCCc2ccc(-c3cccc(Oc4ncc(F)cc4C(=O)N[C@H]4CC[C@@H](NC(=O)c5cc6ncccn6n5)CC4)c3)cc2)C[C@H](C)N1. The summed E-state index contributed by atoms with van der Waals surface area (Å²) in [6, 6.07) is 21.6. The molecular weight excluding hydrogens is 659 g/mol. The Morgan fingerprint density at radius 2 is 1.62 bits per heavy atom. The molecule has 11 nitrogen and oxygen atoms in total. The van der Waals surface area contributed by atoms with E-state index in [0.717, 1.165) is 55.9 Å². The number of halogens is 1. The van der Waals surface area contributed by atoms with Crippen molar-refractivity contribution in [1.82, 2.24) is 40.4 Å². The molecule has 1 saturated heterocycles. The molecule has 12 heteroatoms. The zero-order valence-corrected chi connectivity index (χ0v) is 29.6. The molecule has 52 heavy (non-hydrogen) atoms. The topological polar surface area (TPSA) is 126 Å². The second-order valence-corrected chi connectivity index (χ2v) is 14.1. The third kappa shape index (κ3) is 8.80. The van der Waals surface area contributed by atoms with Crippen molar-refractivity contribution in [2.24, 2.45) is 0 Å². The first-order valence-electron chi connectivity index (χ1n) is 18.2. The van der Waals surface area contributed by atoms with Crippen LogP contribution in [0.1, 0.15) is 72.4 Å². The molecular formula is C40H45FN8O3. The van der Waals surface area contributed by atoms with Gasteiger partial charge < -0.3 is 25.6 Å². The number of pyridine rings is 1. The second-order valence-electron chi connectivity index (χ2n) is 14.1. The van der Waals surface area contributed by atoms with E-state index in [2.05, 4.69) is 74.0 Å². The van der Waals surface area contributed by atoms with Crippen LogP contribution in [-0.4, -0.2) is 80.1 Å². The number of fused-ring (bicyclic) bond motifs is 1. The molecule has 2 amide bonds. The fourth-order valence-corrected chi connectivity index (χ4v) is 7.36. The molecule has 1 saturated carbocycles. The standard InChI is InChI=1S/C40H45FN8O3/c1-26-24-48(25-27(2)44-26)18-4-6-28-9-11-29(12-10-28)30-7-3-8-34(20-30)52-40-35(21-31(41)23-43-40)38(50)45-32-13-15-33(16-14-32)46-39(51)36-22-37-42-17-5-19-49(37)47-36/h3,5,7-12,17,19-23,26-27,32-33,44H,4,6,13-16,18,24-25H2,1-2H3,(H,45,50)(H,46,51)/t26-,27+,32-,33+. The van der Waals surface area contributed by atoms with Crippen molar-refractivity contribution in [1.29, 1.82) is 0 Å². The number of carbonyl (C=O) groups excluding carboxylic acids is 2. The highest BCUT2D eigenvalue weighted by Gasteiger charge is 2.27. The summed E-state index contributed by atoms with van der Waals surface area (Å²) in [6.07, 6.45) is 9.23. The predicted octanol–water partition coefficient (Wildman–Crippen LogP) is 5.81. The molecule has 2 atom stereocenters. The number of benzene rings is 2. The lowest BCUT2D eigenvalue weighted by Gasteiger charge is -2.36. The van der Waals surface area contributed by atoms with Crippen molar-refractivity contribution >= 4 is 17.5 Å². The minimum atomic E-state index is -0.628. The number of aryl methyl sites for hydroxylation is 1. The minimum Gasteiger partial charge on any atom is -0.438 e. The number of hydrogen-bond acceptors (Lipinski definition) is 8. The van der Waals surface area contributed by atoms with Gasteiger partial charge in [-0.25, -0.2) is 18.9 Å². The summed E-state index contributed by atoms with van der Waals surface area (Å²) in [6.45, 7) is 7.78. The van der Waals surface area contributed by atoms with Gasteiger partial charge in [0, 0.05) is 55.7 Å². The number of carbonyl (C=O) groups is 2. The van der Waals surface area contributed by atoms with Gasteiger partial charge in [0.2, 0.25) is 5.88 Å². The van der Waals surface area contributed by atoms with Gasteiger partial charge in [0.15, 0.2) is 11.3 Å². The van der Waals surface area contributed by atoms with Crippen molar-refractivity contribution in [2.45, 2.75) is 76.5 Å². The van der Waals surface area contributed by atoms with E-state index in [-0.39, 0.29) is 29.4 Å². The van der Waals surface area contributed by atoms with Crippen LogP contribution in [0.2, 0.25) is 0 Å². The summed E-state index contributed by atoms with van der Waals surface area (Å²) in [5.41, 5.74) is 4.24. The molecule has 2 aromatic carbocycles. The molecule has 0 unspecified atom stereocenters. The third-order valence-electron chi connectivity index (χ3n) is 9.84. The molecule has 5 aromatic rings. The smallest absolute Gasteiger partial charge is 0.272 e. The Hall–Kier alpha value is -5.20. The molecule has 2 aliphatic rings. The molecule has 1 aliphatic heterocycles. The van der Waals surface area contributed by atoms with E-state index in [1.165, 1.54) is 5.56 Å². The molecule has 7 rings (SSSR count). The fraction of sp³-hybridized carbons (Fsp3) is 0.375. The molecule has 4 heterocycles. The average Bonchev–Trinajstić information content (AvgIpc) is 3.58. The van der Waals surface area contributed by atoms with Gasteiger partial charge in [0.1, 0.15) is 17.1 Å². The lowest BCUT2D eigenvalue weighted by Crippen LogP contribution is -2.54. The first kappa shape index (κ1) is 35.2. The third-order valence-corrected chi connectivity index (χ3v) is 9.84. The number of aromatic nitrogens is 4. The van der Waals surface area contributed by atoms with Crippen LogP contribution in [0, 0.1) is 5.82 Å². The summed E-state index contributed by atoms with van der Waals surface area (Å²) in [4.78, 5) is 37.1. The zero-order chi connectivity index (χ0) is 36.0. The quantitative estimate of drug-likeness (QED) is 0.157. The maximum atomic E-state index is 14.4. The van der Waals surface area contributed by atoms with E-state index in [4.69, 9.17) is 4.74 Å². The Kier molecular flexibility index (Phi) is 10.8. The van der Waals surface area contributed by atoms with Crippen LogP contribution in [0.15, 0.2) is 85.3 Å². The van der Waals surface area contributed by atoms with Crippen LogP contribution < -0.4 is 20.7 Å². The van der Waals surface area contributed by atoms with Crippen LogP contribution in [0.25, 0.3) is 16.8 Å². The highest BCUT2D eigenvalue weighted by Crippen LogP contribution is 2.29. The highest BCUT2D eigenvalue weighted by atomic mass is 19.1. The number of hydrogen-bond donors (Lipinski definition) is 3. The normalized spacial score (nSPS) is 20.8. The Morgan fingerprint density at radius 3 is 2.35 bits per heavy atom. The van der Waals surface area contributed by atoms with Gasteiger partial charge in [0.25, 0.3) is 11.8 Å². The molecule has 1 aliphatic carbocycles. The van der Waals surface area contributed by atoms with Crippen molar-refractivity contribution in [3.63, 3.8) is 0 Å². The second kappa shape index (κ2) is 16.0. The molecule has 2 fully saturated rings. The lowest BCUT2D eigenvalue weighted by molar-refractivity contribution is 0.0887. The Labute approximate surface area is 303 Å². The van der Waals surface area contributed by atoms with Gasteiger partial charge in [-0.3, -0.25) is 9.59 Å². The van der Waals surface area contributed by atoms with Gasteiger partial charge in [-0.2, -0.15) is 5.10 Å². The van der Waals surface area contributed by atoms with Crippen LogP contribution in [0.4, 0.5) is 4.39 Å².